The maximum Gasteiger partial charge on any atom is 0.336 e. The minimum Gasteiger partial charge on any atom is -0.478 e. The number of carboxylic acid groups (broad SMARTS) is 1. The minimum atomic E-state index is -1.39. The second kappa shape index (κ2) is 6.21. The highest BCUT2D eigenvalue weighted by molar-refractivity contribution is 6.35. The summed E-state index contributed by atoms with van der Waals surface area (Å²) in [6.07, 6.45) is -0.443. The Balaban J connectivity index is 2.92. The molecule has 0 amide bonds. The largest absolute Gasteiger partial charge is 0.478 e. The lowest BCUT2D eigenvalue weighted by Crippen LogP contribution is -2.07. The van der Waals surface area contributed by atoms with Crippen molar-refractivity contribution in [2.45, 2.75) is 25.6 Å². The van der Waals surface area contributed by atoms with Gasteiger partial charge in [0.2, 0.25) is 0 Å². The van der Waals surface area contributed by atoms with Gasteiger partial charge in [-0.1, -0.05) is 23.2 Å². The van der Waals surface area contributed by atoms with E-state index >= 15 is 0 Å². The van der Waals surface area contributed by atoms with Crippen molar-refractivity contribution >= 4 is 29.2 Å². The van der Waals surface area contributed by atoms with Crippen molar-refractivity contribution < 1.29 is 20.1 Å². The van der Waals surface area contributed by atoms with Gasteiger partial charge in [0.15, 0.2) is 6.29 Å². The second-order valence-electron chi connectivity index (χ2n) is 3.59. The van der Waals surface area contributed by atoms with E-state index in [1.54, 1.807) is 0 Å². The maximum absolute atomic E-state index is 11.0. The van der Waals surface area contributed by atoms with E-state index in [9.17, 15) is 4.79 Å². The molecule has 0 atom stereocenters. The number of hydrogen-bond acceptors (Lipinski definition) is 3. The molecular formula is C11H12Cl2O4. The first kappa shape index (κ1) is 14.3. The zero-order chi connectivity index (χ0) is 13.0. The standard InChI is InChI=1S/C11H12Cl2O4/c12-6-4-8(11(16)17)7(9(13)5-6)2-1-3-10(14)15/h4-5,10,14-15H,1-3H2,(H,16,17). The molecule has 6 heteroatoms. The Morgan fingerprint density at radius 2 is 1.94 bits per heavy atom. The number of aliphatic hydroxyl groups excluding tert-OH is 1. The van der Waals surface area contributed by atoms with Gasteiger partial charge >= 0.3 is 5.97 Å². The summed E-state index contributed by atoms with van der Waals surface area (Å²) in [6, 6.07) is 2.81. The summed E-state index contributed by atoms with van der Waals surface area (Å²) in [4.78, 5) is 11.0. The molecule has 1 aromatic rings. The fraction of sp³-hybridized carbons (Fsp3) is 0.364. The third kappa shape index (κ3) is 4.16. The molecule has 0 fully saturated rings. The first-order valence-corrected chi connectivity index (χ1v) is 5.74. The molecule has 17 heavy (non-hydrogen) atoms. The number of benzene rings is 1. The molecule has 1 rings (SSSR count). The lowest BCUT2D eigenvalue weighted by atomic mass is 10.0. The average molecular weight is 279 g/mol. The molecule has 0 aromatic heterocycles. The molecule has 0 saturated heterocycles. The van der Waals surface area contributed by atoms with Crippen LogP contribution >= 0.6 is 23.2 Å². The van der Waals surface area contributed by atoms with Crippen LogP contribution in [0.2, 0.25) is 10.0 Å². The van der Waals surface area contributed by atoms with Crippen molar-refractivity contribution in [1.29, 1.82) is 0 Å². The molecule has 1 aromatic carbocycles. The molecule has 0 aliphatic carbocycles. The highest BCUT2D eigenvalue weighted by atomic mass is 35.5. The molecule has 0 aliphatic heterocycles. The van der Waals surface area contributed by atoms with Gasteiger partial charge in [-0.25, -0.2) is 4.79 Å². The maximum atomic E-state index is 11.0. The van der Waals surface area contributed by atoms with E-state index in [1.807, 2.05) is 0 Å². The summed E-state index contributed by atoms with van der Waals surface area (Å²) in [6.45, 7) is 0. The number of rotatable bonds is 5. The van der Waals surface area contributed by atoms with E-state index in [4.69, 9.17) is 38.5 Å². The molecule has 0 aliphatic rings. The molecule has 3 N–H and O–H groups in total. The van der Waals surface area contributed by atoms with E-state index in [2.05, 4.69) is 0 Å². The van der Waals surface area contributed by atoms with Crippen LogP contribution in [0.1, 0.15) is 28.8 Å². The summed E-state index contributed by atoms with van der Waals surface area (Å²) >= 11 is 11.6. The normalized spacial score (nSPS) is 10.9. The van der Waals surface area contributed by atoms with Crippen molar-refractivity contribution in [1.82, 2.24) is 0 Å². The van der Waals surface area contributed by atoms with Crippen LogP contribution in [-0.4, -0.2) is 27.6 Å². The van der Waals surface area contributed by atoms with Gasteiger partial charge in [0.1, 0.15) is 0 Å². The van der Waals surface area contributed by atoms with Crippen molar-refractivity contribution in [2.24, 2.45) is 0 Å². The van der Waals surface area contributed by atoms with Crippen molar-refractivity contribution in [2.75, 3.05) is 0 Å². The van der Waals surface area contributed by atoms with Gasteiger partial charge in [0, 0.05) is 10.0 Å². The predicted octanol–water partition coefficient (Wildman–Crippen LogP) is 2.33. The summed E-state index contributed by atoms with van der Waals surface area (Å²) in [5.41, 5.74) is 0.513. The number of carboxylic acids is 1. The minimum absolute atomic E-state index is 0.0509. The quantitative estimate of drug-likeness (QED) is 0.723. The Kier molecular flexibility index (Phi) is 5.21. The molecule has 4 nitrogen and oxygen atoms in total. The zero-order valence-electron chi connectivity index (χ0n) is 8.86. The van der Waals surface area contributed by atoms with Crippen LogP contribution in [0, 0.1) is 0 Å². The van der Waals surface area contributed by atoms with Crippen molar-refractivity contribution in [3.8, 4) is 0 Å². The number of aromatic carboxylic acids is 1. The van der Waals surface area contributed by atoms with Gasteiger partial charge in [-0.05, 0) is 37.0 Å². The summed E-state index contributed by atoms with van der Waals surface area (Å²) in [5.74, 6) is -1.10. The summed E-state index contributed by atoms with van der Waals surface area (Å²) in [7, 11) is 0. The zero-order valence-corrected chi connectivity index (χ0v) is 10.4. The van der Waals surface area contributed by atoms with Crippen LogP contribution in [0.4, 0.5) is 0 Å². The highest BCUT2D eigenvalue weighted by Gasteiger charge is 2.15. The molecule has 0 unspecified atom stereocenters. The SMILES string of the molecule is O=C(O)c1cc(Cl)cc(Cl)c1CCCC(O)O. The average Bonchev–Trinajstić information content (AvgIpc) is 2.19. The summed E-state index contributed by atoms with van der Waals surface area (Å²) < 4.78 is 0. The van der Waals surface area contributed by atoms with Gasteiger partial charge in [-0.3, -0.25) is 0 Å². The van der Waals surface area contributed by atoms with Gasteiger partial charge in [-0.15, -0.1) is 0 Å². The Bertz CT molecular complexity index is 418. The molecule has 0 radical (unpaired) electrons. The Morgan fingerprint density at radius 3 is 2.47 bits per heavy atom. The number of halogens is 2. The van der Waals surface area contributed by atoms with Gasteiger partial charge in [-0.2, -0.15) is 0 Å². The Labute approximate surface area is 108 Å². The monoisotopic (exact) mass is 278 g/mol. The smallest absolute Gasteiger partial charge is 0.336 e. The van der Waals surface area contributed by atoms with Crippen LogP contribution in [0.25, 0.3) is 0 Å². The van der Waals surface area contributed by atoms with E-state index in [0.717, 1.165) is 0 Å². The van der Waals surface area contributed by atoms with E-state index in [0.29, 0.717) is 18.4 Å². The predicted molar refractivity (Wildman–Crippen MR) is 64.6 cm³/mol. The van der Waals surface area contributed by atoms with Gasteiger partial charge in [0.05, 0.1) is 5.56 Å². The first-order chi connectivity index (χ1) is 7.91. The van der Waals surface area contributed by atoms with E-state index in [-0.39, 0.29) is 22.0 Å². The van der Waals surface area contributed by atoms with E-state index in [1.165, 1.54) is 12.1 Å². The molecule has 0 bridgehead atoms. The van der Waals surface area contributed by atoms with Crippen LogP contribution in [0.5, 0.6) is 0 Å². The lowest BCUT2D eigenvalue weighted by molar-refractivity contribution is -0.0461. The first-order valence-electron chi connectivity index (χ1n) is 4.99. The van der Waals surface area contributed by atoms with Crippen LogP contribution in [0.15, 0.2) is 12.1 Å². The Hall–Kier alpha value is -0.810. The fourth-order valence-electron chi connectivity index (χ4n) is 1.51. The van der Waals surface area contributed by atoms with Crippen LogP contribution in [-0.2, 0) is 6.42 Å². The highest BCUT2D eigenvalue weighted by Crippen LogP contribution is 2.27. The molecule has 0 heterocycles. The second-order valence-corrected chi connectivity index (χ2v) is 4.44. The Morgan fingerprint density at radius 1 is 1.29 bits per heavy atom. The van der Waals surface area contributed by atoms with Crippen molar-refractivity contribution in [3.05, 3.63) is 33.3 Å². The third-order valence-corrected chi connectivity index (χ3v) is 2.84. The number of hydrogen-bond donors (Lipinski definition) is 3. The van der Waals surface area contributed by atoms with Gasteiger partial charge in [0.25, 0.3) is 0 Å². The topological polar surface area (TPSA) is 77.8 Å². The summed E-state index contributed by atoms with van der Waals surface area (Å²) in [5, 5.41) is 27.0. The fourth-order valence-corrected chi connectivity index (χ4v) is 2.10. The van der Waals surface area contributed by atoms with E-state index < -0.39 is 12.3 Å². The molecule has 94 valence electrons. The number of aliphatic hydroxyl groups is 2. The number of carbonyl (C=O) groups is 1. The van der Waals surface area contributed by atoms with Crippen molar-refractivity contribution in [3.63, 3.8) is 0 Å². The van der Waals surface area contributed by atoms with Crippen LogP contribution < -0.4 is 0 Å². The third-order valence-electron chi connectivity index (χ3n) is 2.28. The van der Waals surface area contributed by atoms with Crippen LogP contribution in [0.3, 0.4) is 0 Å². The molecule has 0 saturated carbocycles. The molecular weight excluding hydrogens is 267 g/mol. The molecule has 0 spiro atoms. The lowest BCUT2D eigenvalue weighted by Gasteiger charge is -2.09. The van der Waals surface area contributed by atoms with Gasteiger partial charge < -0.3 is 15.3 Å².